The molecule has 2 aliphatic rings. The van der Waals surface area contributed by atoms with Gasteiger partial charge in [0, 0.05) is 51.0 Å². The Kier molecular flexibility index (Phi) is 8.05. The van der Waals surface area contributed by atoms with E-state index in [0.29, 0.717) is 47.6 Å². The lowest BCUT2D eigenvalue weighted by Gasteiger charge is -2.34. The van der Waals surface area contributed by atoms with Gasteiger partial charge in [0.15, 0.2) is 0 Å². The molecule has 2 fully saturated rings. The number of piperidine rings is 1. The normalized spacial score (nSPS) is 20.3. The Morgan fingerprint density at radius 1 is 1.03 bits per heavy atom. The zero-order chi connectivity index (χ0) is 27.4. The lowest BCUT2D eigenvalue weighted by atomic mass is 10.0. The van der Waals surface area contributed by atoms with Crippen molar-refractivity contribution in [3.05, 3.63) is 48.2 Å². The van der Waals surface area contributed by atoms with Gasteiger partial charge in [-0.2, -0.15) is 10.2 Å². The molecule has 0 spiro atoms. The number of halogens is 1. The lowest BCUT2D eigenvalue weighted by Crippen LogP contribution is -2.45. The first-order valence-electron chi connectivity index (χ1n) is 13.1. The van der Waals surface area contributed by atoms with Crippen molar-refractivity contribution in [2.45, 2.75) is 18.7 Å². The number of alkyl halides is 1. The molecule has 0 aliphatic carbocycles. The first kappa shape index (κ1) is 26.6. The number of nitriles is 1. The van der Waals surface area contributed by atoms with Gasteiger partial charge in [0.25, 0.3) is 0 Å². The average Bonchev–Trinajstić information content (AvgIpc) is 2.95. The number of likely N-dealkylation sites (N-methyl/N-ethyl adjacent to an activating group) is 1. The molecular formula is C28H33FN8O2. The first-order chi connectivity index (χ1) is 18.9. The number of aromatic nitrogens is 3. The Bertz CT molecular complexity index is 1340. The van der Waals surface area contributed by atoms with Gasteiger partial charge in [-0.15, -0.1) is 0 Å². The predicted octanol–water partition coefficient (Wildman–Crippen LogP) is 3.34. The van der Waals surface area contributed by atoms with Crippen LogP contribution in [0.4, 0.5) is 21.8 Å². The average molecular weight is 533 g/mol. The predicted molar refractivity (Wildman–Crippen MR) is 147 cm³/mol. The topological polar surface area (TPSA) is 103 Å². The molecule has 2 atom stereocenters. The van der Waals surface area contributed by atoms with Gasteiger partial charge in [0.1, 0.15) is 35.6 Å². The van der Waals surface area contributed by atoms with Gasteiger partial charge in [-0.05, 0) is 56.9 Å². The molecule has 2 aliphatic heterocycles. The largest absolute Gasteiger partial charge is 0.486 e. The second kappa shape index (κ2) is 11.8. The Labute approximate surface area is 228 Å². The fourth-order valence-corrected chi connectivity index (χ4v) is 4.85. The molecule has 39 heavy (non-hydrogen) atoms. The summed E-state index contributed by atoms with van der Waals surface area (Å²) in [6, 6.07) is 13.0. The molecule has 4 heterocycles. The van der Waals surface area contributed by atoms with Crippen LogP contribution in [0.15, 0.2) is 42.6 Å². The van der Waals surface area contributed by atoms with E-state index in [1.165, 1.54) is 0 Å². The van der Waals surface area contributed by atoms with E-state index in [9.17, 15) is 9.65 Å². The summed E-state index contributed by atoms with van der Waals surface area (Å²) < 4.78 is 26.0. The third kappa shape index (κ3) is 6.19. The van der Waals surface area contributed by atoms with Crippen molar-refractivity contribution >= 4 is 17.5 Å². The highest BCUT2D eigenvalue weighted by Crippen LogP contribution is 2.31. The standard InChI is InChI=1S/C28H33FN8O2/c1-35-12-14-37(15-13-35)23-5-7-26(33-27(23)38-3)34-28-31-10-8-22(32-28)19-4-6-24(20(16-19)17-30)39-25-9-11-36(2)18-21(25)29/h4-8,10,16,21,25H,9,11-15,18H2,1-3H3,(H,31,32,33,34)/t21-,25?/m1/s1. The summed E-state index contributed by atoms with van der Waals surface area (Å²) in [7, 11) is 5.62. The molecule has 0 bridgehead atoms. The summed E-state index contributed by atoms with van der Waals surface area (Å²) in [5, 5.41) is 12.9. The number of anilines is 3. The highest BCUT2D eigenvalue weighted by Gasteiger charge is 2.30. The maximum atomic E-state index is 14.5. The molecular weight excluding hydrogens is 499 g/mol. The fraction of sp³-hybridized carbons (Fsp3) is 0.429. The van der Waals surface area contributed by atoms with Gasteiger partial charge in [-0.1, -0.05) is 0 Å². The Hall–Kier alpha value is -4.01. The number of hydrogen-bond acceptors (Lipinski definition) is 10. The van der Waals surface area contributed by atoms with Crippen LogP contribution < -0.4 is 19.7 Å². The minimum atomic E-state index is -1.10. The van der Waals surface area contributed by atoms with Crippen LogP contribution in [0, 0.1) is 11.3 Å². The van der Waals surface area contributed by atoms with Crippen LogP contribution in [0.25, 0.3) is 11.3 Å². The Balaban J connectivity index is 1.31. The van der Waals surface area contributed by atoms with Crippen LogP contribution in [-0.4, -0.2) is 97.5 Å². The van der Waals surface area contributed by atoms with E-state index in [1.807, 2.05) is 30.1 Å². The summed E-state index contributed by atoms with van der Waals surface area (Å²) in [4.78, 5) is 20.1. The quantitative estimate of drug-likeness (QED) is 0.487. The van der Waals surface area contributed by atoms with Crippen LogP contribution in [0.2, 0.25) is 0 Å². The van der Waals surface area contributed by atoms with E-state index in [4.69, 9.17) is 9.47 Å². The number of benzene rings is 1. The molecule has 11 heteroatoms. The molecule has 0 amide bonds. The van der Waals surface area contributed by atoms with Gasteiger partial charge >= 0.3 is 0 Å². The van der Waals surface area contributed by atoms with E-state index in [-0.39, 0.29) is 0 Å². The van der Waals surface area contributed by atoms with Crippen molar-refractivity contribution in [2.24, 2.45) is 0 Å². The van der Waals surface area contributed by atoms with Crippen LogP contribution in [0.3, 0.4) is 0 Å². The van der Waals surface area contributed by atoms with Crippen LogP contribution in [-0.2, 0) is 0 Å². The number of nitrogens with zero attached hydrogens (tertiary/aromatic N) is 7. The lowest BCUT2D eigenvalue weighted by molar-refractivity contribution is 0.0312. The van der Waals surface area contributed by atoms with Crippen LogP contribution in [0.1, 0.15) is 12.0 Å². The van der Waals surface area contributed by atoms with E-state index in [1.54, 1.807) is 31.5 Å². The van der Waals surface area contributed by atoms with Gasteiger partial charge in [-0.25, -0.2) is 14.4 Å². The smallest absolute Gasteiger partial charge is 0.239 e. The third-order valence-electron chi connectivity index (χ3n) is 7.13. The molecule has 2 saturated heterocycles. The van der Waals surface area contributed by atoms with Crippen molar-refractivity contribution in [1.29, 1.82) is 5.26 Å². The van der Waals surface area contributed by atoms with Gasteiger partial charge in [0.05, 0.1) is 18.4 Å². The second-order valence-electron chi connectivity index (χ2n) is 9.95. The summed E-state index contributed by atoms with van der Waals surface area (Å²) in [6.07, 6.45) is 0.540. The van der Waals surface area contributed by atoms with Gasteiger partial charge < -0.3 is 29.5 Å². The van der Waals surface area contributed by atoms with Crippen molar-refractivity contribution in [2.75, 3.05) is 70.7 Å². The van der Waals surface area contributed by atoms with Crippen molar-refractivity contribution in [3.63, 3.8) is 0 Å². The number of ether oxygens (including phenoxy) is 2. The second-order valence-corrected chi connectivity index (χ2v) is 9.95. The van der Waals surface area contributed by atoms with Gasteiger partial charge in [-0.3, -0.25) is 0 Å². The summed E-state index contributed by atoms with van der Waals surface area (Å²) in [5.74, 6) is 1.83. The van der Waals surface area contributed by atoms with Crippen molar-refractivity contribution in [1.82, 2.24) is 24.8 Å². The van der Waals surface area contributed by atoms with Crippen molar-refractivity contribution in [3.8, 4) is 29.0 Å². The molecule has 5 rings (SSSR count). The van der Waals surface area contributed by atoms with E-state index in [2.05, 4.69) is 43.2 Å². The number of hydrogen-bond donors (Lipinski definition) is 1. The molecule has 1 aromatic carbocycles. The number of pyridine rings is 1. The molecule has 0 radical (unpaired) electrons. The van der Waals surface area contributed by atoms with Crippen LogP contribution >= 0.6 is 0 Å². The van der Waals surface area contributed by atoms with E-state index in [0.717, 1.165) is 44.0 Å². The number of likely N-dealkylation sites (tertiary alicyclic amines) is 1. The molecule has 1 N–H and O–H groups in total. The SMILES string of the molecule is COc1nc(Nc2nccc(-c3ccc(OC4CCN(C)C[C@H]4F)c(C#N)c3)n2)ccc1N1CCN(C)CC1. The first-order valence-corrected chi connectivity index (χ1v) is 13.1. The molecule has 1 unspecified atom stereocenters. The maximum Gasteiger partial charge on any atom is 0.239 e. The van der Waals surface area contributed by atoms with E-state index >= 15 is 0 Å². The van der Waals surface area contributed by atoms with Gasteiger partial charge in [0.2, 0.25) is 11.8 Å². The number of nitrogens with one attached hydrogen (secondary N) is 1. The minimum Gasteiger partial charge on any atom is -0.486 e. The maximum absolute atomic E-state index is 14.5. The van der Waals surface area contributed by atoms with Crippen molar-refractivity contribution < 1.29 is 13.9 Å². The summed E-state index contributed by atoms with van der Waals surface area (Å²) in [6.45, 7) is 4.86. The summed E-state index contributed by atoms with van der Waals surface area (Å²) >= 11 is 0. The van der Waals surface area contributed by atoms with Crippen LogP contribution in [0.5, 0.6) is 11.6 Å². The van der Waals surface area contributed by atoms with E-state index < -0.39 is 12.3 Å². The number of methoxy groups -OCH3 is 1. The number of rotatable bonds is 7. The number of piperazine rings is 1. The summed E-state index contributed by atoms with van der Waals surface area (Å²) in [5.41, 5.74) is 2.63. The third-order valence-corrected chi connectivity index (χ3v) is 7.13. The molecule has 2 aromatic heterocycles. The minimum absolute atomic E-state index is 0.320. The fourth-order valence-electron chi connectivity index (χ4n) is 4.85. The Morgan fingerprint density at radius 3 is 2.59 bits per heavy atom. The highest BCUT2D eigenvalue weighted by atomic mass is 19.1. The zero-order valence-electron chi connectivity index (χ0n) is 22.5. The Morgan fingerprint density at radius 2 is 1.85 bits per heavy atom. The molecule has 10 nitrogen and oxygen atoms in total. The molecule has 0 saturated carbocycles. The molecule has 3 aromatic rings. The highest BCUT2D eigenvalue weighted by molar-refractivity contribution is 5.66. The molecule has 204 valence electrons. The monoisotopic (exact) mass is 532 g/mol. The zero-order valence-corrected chi connectivity index (χ0v) is 22.5.